The number of carbonyl (C=O) groups is 2. The molecule has 1 aliphatic heterocycles. The number of hydrogen-bond acceptors (Lipinski definition) is 4. The van der Waals surface area contributed by atoms with Gasteiger partial charge in [0.1, 0.15) is 10.5 Å². The van der Waals surface area contributed by atoms with Crippen LogP contribution >= 0.6 is 27.5 Å². The van der Waals surface area contributed by atoms with Crippen LogP contribution in [0.25, 0.3) is 0 Å². The monoisotopic (exact) mass is 386 g/mol. The Bertz CT molecular complexity index is 603. The van der Waals surface area contributed by atoms with Crippen LogP contribution in [0, 0.1) is 5.92 Å². The number of amides is 1. The van der Waals surface area contributed by atoms with Crippen molar-refractivity contribution in [3.8, 4) is 0 Å². The van der Waals surface area contributed by atoms with Gasteiger partial charge < -0.3 is 4.74 Å². The molecule has 0 spiro atoms. The summed E-state index contributed by atoms with van der Waals surface area (Å²) in [7, 11) is 0. The highest BCUT2D eigenvalue weighted by Crippen LogP contribution is 2.31. The summed E-state index contributed by atoms with van der Waals surface area (Å²) >= 11 is 9.15. The summed E-state index contributed by atoms with van der Waals surface area (Å²) in [6.45, 7) is 3.89. The van der Waals surface area contributed by atoms with Gasteiger partial charge in [-0.2, -0.15) is 5.10 Å². The van der Waals surface area contributed by atoms with Crippen LogP contribution in [0.4, 0.5) is 0 Å². The van der Waals surface area contributed by atoms with E-state index in [1.807, 2.05) is 19.1 Å². The van der Waals surface area contributed by atoms with Crippen molar-refractivity contribution in [1.29, 1.82) is 0 Å². The Balaban J connectivity index is 2.12. The maximum atomic E-state index is 12.5. The lowest BCUT2D eigenvalue weighted by molar-refractivity contribution is -0.146. The van der Waals surface area contributed by atoms with E-state index >= 15 is 0 Å². The summed E-state index contributed by atoms with van der Waals surface area (Å²) in [6.07, 6.45) is -0.0133. The molecule has 2 atom stereocenters. The van der Waals surface area contributed by atoms with E-state index in [1.54, 1.807) is 19.1 Å². The second-order valence-corrected chi connectivity index (χ2v) is 6.14. The Morgan fingerprint density at radius 3 is 2.68 bits per heavy atom. The highest BCUT2D eigenvalue weighted by molar-refractivity contribution is 9.18. The van der Waals surface area contributed by atoms with Gasteiger partial charge in [0.25, 0.3) is 5.91 Å². The molecular formula is C15H16BrClN2O3. The number of benzene rings is 1. The zero-order valence-electron chi connectivity index (χ0n) is 12.3. The smallest absolute Gasteiger partial charge is 0.307 e. The fraction of sp³-hybridized carbons (Fsp3) is 0.400. The van der Waals surface area contributed by atoms with Crippen LogP contribution in [0.15, 0.2) is 29.4 Å². The van der Waals surface area contributed by atoms with Crippen LogP contribution < -0.4 is 0 Å². The van der Waals surface area contributed by atoms with Crippen molar-refractivity contribution in [3.63, 3.8) is 0 Å². The highest BCUT2D eigenvalue weighted by Gasteiger charge is 2.39. The summed E-state index contributed by atoms with van der Waals surface area (Å²) in [5.74, 6) is -1.25. The minimum atomic E-state index is -0.617. The van der Waals surface area contributed by atoms with E-state index in [1.165, 1.54) is 5.01 Å². The number of esters is 1. The minimum Gasteiger partial charge on any atom is -0.466 e. The maximum absolute atomic E-state index is 12.5. The van der Waals surface area contributed by atoms with Crippen LogP contribution in [0.3, 0.4) is 0 Å². The summed E-state index contributed by atoms with van der Waals surface area (Å²) < 4.78 is 5.34. The molecule has 0 saturated heterocycles. The molecule has 5 nitrogen and oxygen atoms in total. The van der Waals surface area contributed by atoms with Crippen molar-refractivity contribution in [2.45, 2.75) is 26.3 Å². The van der Waals surface area contributed by atoms with Gasteiger partial charge in [0.05, 0.1) is 19.1 Å². The van der Waals surface area contributed by atoms with Crippen LogP contribution in [0.2, 0.25) is 5.02 Å². The quantitative estimate of drug-likeness (QED) is 0.726. The number of hydrazone groups is 1. The van der Waals surface area contributed by atoms with Gasteiger partial charge in [-0.05, 0) is 47.5 Å². The van der Waals surface area contributed by atoms with E-state index in [0.717, 1.165) is 5.56 Å². The molecule has 1 aromatic rings. The van der Waals surface area contributed by atoms with Gasteiger partial charge in [0.2, 0.25) is 0 Å². The topological polar surface area (TPSA) is 59.0 Å². The van der Waals surface area contributed by atoms with E-state index in [-0.39, 0.29) is 18.4 Å². The fourth-order valence-corrected chi connectivity index (χ4v) is 2.86. The van der Waals surface area contributed by atoms with Crippen molar-refractivity contribution < 1.29 is 14.3 Å². The molecule has 118 valence electrons. The zero-order valence-corrected chi connectivity index (χ0v) is 14.6. The second-order valence-electron chi connectivity index (χ2n) is 4.89. The Kier molecular flexibility index (Phi) is 5.58. The van der Waals surface area contributed by atoms with E-state index in [9.17, 15) is 9.59 Å². The van der Waals surface area contributed by atoms with Crippen molar-refractivity contribution in [2.24, 2.45) is 11.0 Å². The third-order valence-corrected chi connectivity index (χ3v) is 4.37. The molecule has 2 rings (SSSR count). The first-order valence-corrected chi connectivity index (χ1v) is 8.09. The van der Waals surface area contributed by atoms with E-state index in [4.69, 9.17) is 16.3 Å². The first-order valence-electron chi connectivity index (χ1n) is 6.92. The molecule has 1 heterocycles. The number of ether oxygens (including phenoxy) is 1. The normalized spacial score (nSPS) is 19.1. The average Bonchev–Trinajstić information content (AvgIpc) is 2.76. The number of rotatable bonds is 5. The summed E-state index contributed by atoms with van der Waals surface area (Å²) in [5.41, 5.74) is 0.915. The number of nitrogens with zero attached hydrogens (tertiary/aromatic N) is 2. The lowest BCUT2D eigenvalue weighted by atomic mass is 10.0. The van der Waals surface area contributed by atoms with Gasteiger partial charge in [-0.25, -0.2) is 5.01 Å². The fourth-order valence-electron chi connectivity index (χ4n) is 2.20. The molecule has 22 heavy (non-hydrogen) atoms. The molecule has 1 aliphatic rings. The molecule has 1 amide bonds. The minimum absolute atomic E-state index is 0.0133. The third kappa shape index (κ3) is 3.67. The lowest BCUT2D eigenvalue weighted by Crippen LogP contribution is -2.30. The molecule has 0 saturated carbocycles. The molecule has 0 aliphatic carbocycles. The summed E-state index contributed by atoms with van der Waals surface area (Å²) in [5, 5.41) is 6.26. The van der Waals surface area contributed by atoms with Gasteiger partial charge in [-0.1, -0.05) is 23.7 Å². The third-order valence-electron chi connectivity index (χ3n) is 3.41. The number of hydrogen-bond donors (Lipinski definition) is 0. The van der Waals surface area contributed by atoms with Crippen molar-refractivity contribution in [3.05, 3.63) is 34.9 Å². The largest absolute Gasteiger partial charge is 0.466 e. The van der Waals surface area contributed by atoms with Crippen molar-refractivity contribution in [1.82, 2.24) is 5.01 Å². The Morgan fingerprint density at radius 1 is 1.45 bits per heavy atom. The van der Waals surface area contributed by atoms with Crippen LogP contribution in [0.5, 0.6) is 0 Å². The molecule has 0 N–H and O–H groups in total. The first kappa shape index (κ1) is 17.0. The first-order chi connectivity index (χ1) is 10.4. The molecule has 0 radical (unpaired) electrons. The van der Waals surface area contributed by atoms with Crippen LogP contribution in [-0.2, 0) is 14.3 Å². The van der Waals surface area contributed by atoms with Crippen molar-refractivity contribution >= 4 is 44.0 Å². The summed E-state index contributed by atoms with van der Waals surface area (Å²) in [6, 6.07) is 6.99. The molecule has 0 fully saturated rings. The molecule has 0 aromatic heterocycles. The standard InChI is InChI=1S/C15H16BrClN2O3/c1-3-22-13(20)8-12-14(16)18-19(15(12)21)9(2)10-4-6-11(17)7-5-10/h4-7,9,12H,3,8H2,1-2H3/t9-,12?/m1/s1. The zero-order chi connectivity index (χ0) is 16.3. The van der Waals surface area contributed by atoms with Gasteiger partial charge in [-0.3, -0.25) is 9.59 Å². The van der Waals surface area contributed by atoms with Gasteiger partial charge in [0.15, 0.2) is 0 Å². The molecule has 1 unspecified atom stereocenters. The van der Waals surface area contributed by atoms with Crippen LogP contribution in [0.1, 0.15) is 31.9 Å². The Labute approximate surface area is 142 Å². The predicted octanol–water partition coefficient (Wildman–Crippen LogP) is 3.52. The Hall–Kier alpha value is -1.40. The van der Waals surface area contributed by atoms with E-state index in [2.05, 4.69) is 21.0 Å². The van der Waals surface area contributed by atoms with Gasteiger partial charge in [0, 0.05) is 5.02 Å². The second kappa shape index (κ2) is 7.24. The molecule has 7 heteroatoms. The predicted molar refractivity (Wildman–Crippen MR) is 87.8 cm³/mol. The van der Waals surface area contributed by atoms with Gasteiger partial charge >= 0.3 is 5.97 Å². The number of halogens is 2. The summed E-state index contributed by atoms with van der Waals surface area (Å²) in [4.78, 5) is 24.1. The van der Waals surface area contributed by atoms with Gasteiger partial charge in [-0.15, -0.1) is 0 Å². The van der Waals surface area contributed by atoms with Crippen molar-refractivity contribution in [2.75, 3.05) is 6.61 Å². The molecule has 0 bridgehead atoms. The Morgan fingerprint density at radius 2 is 2.09 bits per heavy atom. The average molecular weight is 388 g/mol. The molecular weight excluding hydrogens is 372 g/mol. The van der Waals surface area contributed by atoms with E-state index < -0.39 is 11.9 Å². The maximum Gasteiger partial charge on any atom is 0.307 e. The number of carbonyl (C=O) groups excluding carboxylic acids is 2. The highest BCUT2D eigenvalue weighted by atomic mass is 79.9. The lowest BCUT2D eigenvalue weighted by Gasteiger charge is -2.22. The van der Waals surface area contributed by atoms with E-state index in [0.29, 0.717) is 16.3 Å². The molecule has 1 aromatic carbocycles. The SMILES string of the molecule is CCOC(=O)CC1C(=O)N([C@H](C)c2ccc(Cl)cc2)N=C1Br. The van der Waals surface area contributed by atoms with Crippen LogP contribution in [-0.4, -0.2) is 28.1 Å².